The van der Waals surface area contributed by atoms with Gasteiger partial charge in [0.05, 0.1) is 0 Å². The summed E-state index contributed by atoms with van der Waals surface area (Å²) in [6, 6.07) is 7.61. The minimum absolute atomic E-state index is 0.0442. The molecule has 1 aromatic carbocycles. The lowest BCUT2D eigenvalue weighted by atomic mass is 9.78. The van der Waals surface area contributed by atoms with Crippen LogP contribution in [0.15, 0.2) is 28.7 Å². The predicted molar refractivity (Wildman–Crippen MR) is 134 cm³/mol. The number of carbonyl (C=O) groups excluding carboxylic acids is 2. The highest BCUT2D eigenvalue weighted by Gasteiger charge is 2.28. The predicted octanol–water partition coefficient (Wildman–Crippen LogP) is 5.24. The SMILES string of the molecule is Cc1ccc(C(=O)NC2CCN(C(=O)CCc3cc(C(C)(C)C)c(O)c(C(C)(C)C)c3)CC2)o1. The third-order valence-electron chi connectivity index (χ3n) is 6.56. The molecule has 1 saturated heterocycles. The van der Waals surface area contributed by atoms with Crippen molar-refractivity contribution in [2.75, 3.05) is 13.1 Å². The van der Waals surface area contributed by atoms with E-state index in [0.717, 1.165) is 29.5 Å². The minimum Gasteiger partial charge on any atom is -0.507 e. The van der Waals surface area contributed by atoms with E-state index in [0.29, 0.717) is 43.2 Å². The number of aryl methyl sites for hydroxylation is 2. The summed E-state index contributed by atoms with van der Waals surface area (Å²) in [5.74, 6) is 1.34. The summed E-state index contributed by atoms with van der Waals surface area (Å²) in [4.78, 5) is 27.1. The third-order valence-corrected chi connectivity index (χ3v) is 6.56. The van der Waals surface area contributed by atoms with Crippen LogP contribution in [0.1, 0.15) is 93.8 Å². The first-order valence-electron chi connectivity index (χ1n) is 12.3. The Morgan fingerprint density at radius 3 is 2.06 bits per heavy atom. The molecule has 1 aliphatic rings. The normalized spacial score (nSPS) is 15.4. The molecule has 0 aliphatic carbocycles. The van der Waals surface area contributed by atoms with Crippen molar-refractivity contribution < 1.29 is 19.1 Å². The quantitative estimate of drug-likeness (QED) is 0.628. The van der Waals surface area contributed by atoms with Gasteiger partial charge in [0.25, 0.3) is 5.91 Å². The van der Waals surface area contributed by atoms with E-state index in [-0.39, 0.29) is 28.7 Å². The van der Waals surface area contributed by atoms with Crippen molar-refractivity contribution in [2.24, 2.45) is 0 Å². The number of benzene rings is 1. The van der Waals surface area contributed by atoms with Gasteiger partial charge >= 0.3 is 0 Å². The Hall–Kier alpha value is -2.76. The standard InChI is InChI=1S/C28H40N2O4/c1-18-8-10-23(34-18)26(33)29-20-12-14-30(15-13-20)24(31)11-9-19-16-21(27(2,3)4)25(32)22(17-19)28(5,6)7/h8,10,16-17,20,32H,9,11-15H2,1-7H3,(H,29,33). The van der Waals surface area contributed by atoms with Gasteiger partial charge in [-0.15, -0.1) is 0 Å². The molecule has 2 heterocycles. The molecule has 34 heavy (non-hydrogen) atoms. The highest BCUT2D eigenvalue weighted by molar-refractivity contribution is 5.91. The van der Waals surface area contributed by atoms with E-state index in [9.17, 15) is 14.7 Å². The van der Waals surface area contributed by atoms with E-state index in [4.69, 9.17) is 4.42 Å². The first-order chi connectivity index (χ1) is 15.8. The molecule has 0 bridgehead atoms. The van der Waals surface area contributed by atoms with Crippen LogP contribution in [-0.4, -0.2) is 41.0 Å². The first kappa shape index (κ1) is 25.9. The van der Waals surface area contributed by atoms with Crippen molar-refractivity contribution in [1.29, 1.82) is 0 Å². The number of piperidine rings is 1. The number of rotatable bonds is 5. The van der Waals surface area contributed by atoms with Crippen molar-refractivity contribution in [3.05, 3.63) is 52.5 Å². The molecule has 0 unspecified atom stereocenters. The van der Waals surface area contributed by atoms with Crippen molar-refractivity contribution in [1.82, 2.24) is 10.2 Å². The van der Waals surface area contributed by atoms with Gasteiger partial charge in [-0.2, -0.15) is 0 Å². The second-order valence-corrected chi connectivity index (χ2v) is 11.6. The highest BCUT2D eigenvalue weighted by atomic mass is 16.3. The molecule has 6 nitrogen and oxygen atoms in total. The molecule has 186 valence electrons. The molecule has 0 radical (unpaired) electrons. The molecule has 1 fully saturated rings. The average Bonchev–Trinajstić information content (AvgIpc) is 3.18. The van der Waals surface area contributed by atoms with Crippen LogP contribution in [0.5, 0.6) is 5.75 Å². The lowest BCUT2D eigenvalue weighted by Crippen LogP contribution is -2.46. The van der Waals surface area contributed by atoms with Crippen LogP contribution in [0.3, 0.4) is 0 Å². The van der Waals surface area contributed by atoms with E-state index < -0.39 is 0 Å². The molecule has 2 aromatic rings. The lowest BCUT2D eigenvalue weighted by molar-refractivity contribution is -0.132. The van der Waals surface area contributed by atoms with Gasteiger partial charge < -0.3 is 19.7 Å². The molecule has 3 rings (SSSR count). The van der Waals surface area contributed by atoms with Gasteiger partial charge in [-0.3, -0.25) is 9.59 Å². The fraction of sp³-hybridized carbons (Fsp3) is 0.571. The van der Waals surface area contributed by atoms with Crippen molar-refractivity contribution in [3.63, 3.8) is 0 Å². The Morgan fingerprint density at radius 1 is 1.03 bits per heavy atom. The number of hydrogen-bond donors (Lipinski definition) is 2. The van der Waals surface area contributed by atoms with Gasteiger partial charge in [0, 0.05) is 25.6 Å². The van der Waals surface area contributed by atoms with Gasteiger partial charge in [-0.05, 0) is 65.8 Å². The van der Waals surface area contributed by atoms with E-state index in [1.54, 1.807) is 12.1 Å². The van der Waals surface area contributed by atoms with E-state index in [1.807, 2.05) is 11.8 Å². The number of amides is 2. The van der Waals surface area contributed by atoms with Crippen LogP contribution in [0.25, 0.3) is 0 Å². The van der Waals surface area contributed by atoms with Gasteiger partial charge in [0.15, 0.2) is 5.76 Å². The maximum absolute atomic E-state index is 12.9. The molecular weight excluding hydrogens is 428 g/mol. The minimum atomic E-state index is -0.200. The fourth-order valence-electron chi connectivity index (χ4n) is 4.48. The largest absolute Gasteiger partial charge is 0.507 e. The second-order valence-electron chi connectivity index (χ2n) is 11.6. The molecule has 1 aliphatic heterocycles. The Kier molecular flexibility index (Phi) is 7.49. The van der Waals surface area contributed by atoms with Gasteiger partial charge in [0.1, 0.15) is 11.5 Å². The number of aromatic hydroxyl groups is 1. The maximum Gasteiger partial charge on any atom is 0.287 e. The topological polar surface area (TPSA) is 82.8 Å². The Balaban J connectivity index is 1.58. The monoisotopic (exact) mass is 468 g/mol. The number of likely N-dealkylation sites (tertiary alicyclic amines) is 1. The smallest absolute Gasteiger partial charge is 0.287 e. The number of phenols is 1. The zero-order valence-corrected chi connectivity index (χ0v) is 21.7. The second kappa shape index (κ2) is 9.85. The van der Waals surface area contributed by atoms with E-state index in [2.05, 4.69) is 59.0 Å². The molecule has 2 amide bonds. The fourth-order valence-corrected chi connectivity index (χ4v) is 4.48. The number of nitrogens with zero attached hydrogens (tertiary/aromatic N) is 1. The van der Waals surface area contributed by atoms with Crippen molar-refractivity contribution in [2.45, 2.75) is 91.0 Å². The van der Waals surface area contributed by atoms with Crippen molar-refractivity contribution in [3.8, 4) is 5.75 Å². The Labute approximate surface area is 203 Å². The summed E-state index contributed by atoms with van der Waals surface area (Å²) in [6.45, 7) is 15.7. The van der Waals surface area contributed by atoms with Crippen molar-refractivity contribution >= 4 is 11.8 Å². The number of phenolic OH excluding ortho intramolecular Hbond substituents is 1. The van der Waals surface area contributed by atoms with Gasteiger partial charge in [0.2, 0.25) is 5.91 Å². The molecule has 1 aromatic heterocycles. The van der Waals surface area contributed by atoms with Gasteiger partial charge in [-0.1, -0.05) is 53.7 Å². The number of carbonyl (C=O) groups is 2. The molecule has 6 heteroatoms. The summed E-state index contributed by atoms with van der Waals surface area (Å²) in [5.41, 5.74) is 2.54. The Morgan fingerprint density at radius 2 is 1.59 bits per heavy atom. The highest BCUT2D eigenvalue weighted by Crippen LogP contribution is 2.40. The first-order valence-corrected chi connectivity index (χ1v) is 12.3. The van der Waals surface area contributed by atoms with Crippen LogP contribution in [0, 0.1) is 6.92 Å². The van der Waals surface area contributed by atoms with Crippen LogP contribution >= 0.6 is 0 Å². The Bertz CT molecular complexity index is 996. The molecular formula is C28H40N2O4. The maximum atomic E-state index is 12.9. The van der Waals surface area contributed by atoms with E-state index in [1.165, 1.54) is 0 Å². The number of nitrogens with one attached hydrogen (secondary N) is 1. The van der Waals surface area contributed by atoms with Crippen LogP contribution < -0.4 is 5.32 Å². The number of hydrogen-bond acceptors (Lipinski definition) is 4. The zero-order chi connectivity index (χ0) is 25.3. The molecule has 0 spiro atoms. The molecule has 2 N–H and O–H groups in total. The van der Waals surface area contributed by atoms with Crippen LogP contribution in [0.4, 0.5) is 0 Å². The van der Waals surface area contributed by atoms with E-state index >= 15 is 0 Å². The summed E-state index contributed by atoms with van der Waals surface area (Å²) in [5, 5.41) is 13.9. The summed E-state index contributed by atoms with van der Waals surface area (Å²) in [7, 11) is 0. The van der Waals surface area contributed by atoms with Crippen LogP contribution in [-0.2, 0) is 22.0 Å². The lowest BCUT2D eigenvalue weighted by Gasteiger charge is -2.32. The molecule has 0 atom stereocenters. The summed E-state index contributed by atoms with van der Waals surface area (Å²) in [6.07, 6.45) is 2.54. The summed E-state index contributed by atoms with van der Waals surface area (Å²) < 4.78 is 5.39. The van der Waals surface area contributed by atoms with Gasteiger partial charge in [-0.25, -0.2) is 0 Å². The number of furan rings is 1. The van der Waals surface area contributed by atoms with Crippen LogP contribution in [0.2, 0.25) is 0 Å². The average molecular weight is 469 g/mol. The molecule has 0 saturated carbocycles. The third kappa shape index (κ3) is 6.22. The zero-order valence-electron chi connectivity index (χ0n) is 21.7. The summed E-state index contributed by atoms with van der Waals surface area (Å²) >= 11 is 0.